The SMILES string of the molecule is c1ccc(-c2cc3c4c(c2)N(c2c(-c5ccccc5)cccc2-c2ccccc2)c2ccccc2B4c2cc4c(cc2N3)N(c2ccc3c5ccccc5c5ccccc5c3c2)c2cc(-c3ccccc3)cc3c2B4c2ccccc2N3c2c(-c3ccccc3)cccc2-c2ccccc2)cc1. The normalized spacial score (nSPS) is 12.9. The van der Waals surface area contributed by atoms with Gasteiger partial charge in [-0.05, 0) is 164 Å². The van der Waals surface area contributed by atoms with E-state index >= 15 is 0 Å². The van der Waals surface area contributed by atoms with Gasteiger partial charge in [0.25, 0.3) is 13.4 Å². The van der Waals surface area contributed by atoms with Crippen LogP contribution >= 0.6 is 0 Å². The molecule has 0 aromatic heterocycles. The highest BCUT2D eigenvalue weighted by Crippen LogP contribution is 2.54. The maximum atomic E-state index is 4.33. The standard InChI is InChI=1S/C96H62B2N4/c1-7-29-62(30-8-1)68-55-86-93-90(56-68)101(95-71(64-33-11-3-12-34-64)45-27-46-72(95)65-35-13-4-14-36-65)87-51-25-23-49-81(87)97(93)83-60-84-89(61-85(83)99-86)100(70-53-54-79-77-43-20-19-41-75(77)76-42-21-22-44-78(76)80(79)59-70)91-57-69(63-31-9-2-10-32-63)58-92-94(91)98(84)82-50-24-26-52-88(82)102(92)96-73(66-37-15-5-16-38-66)47-28-48-74(96)67-39-17-6-18-40-67/h1-61,99H. The molecule has 4 aliphatic heterocycles. The lowest BCUT2D eigenvalue weighted by Gasteiger charge is -2.46. The Labute approximate surface area is 594 Å². The Kier molecular flexibility index (Phi) is 13.2. The van der Waals surface area contributed by atoms with Crippen LogP contribution in [-0.2, 0) is 0 Å². The van der Waals surface area contributed by atoms with Gasteiger partial charge in [-0.2, -0.15) is 0 Å². The average Bonchev–Trinajstić information content (AvgIpc) is 0.687. The molecule has 0 atom stereocenters. The molecule has 21 rings (SSSR count). The Bertz CT molecular complexity index is 6100. The van der Waals surface area contributed by atoms with Crippen molar-refractivity contribution in [3.8, 4) is 66.8 Å². The fourth-order valence-electron chi connectivity index (χ4n) is 17.6. The van der Waals surface area contributed by atoms with E-state index in [2.05, 4.69) is 390 Å². The molecular formula is C96H62B2N4. The van der Waals surface area contributed by atoms with E-state index in [1.807, 2.05) is 0 Å². The van der Waals surface area contributed by atoms with E-state index in [4.69, 9.17) is 0 Å². The molecule has 4 nitrogen and oxygen atoms in total. The van der Waals surface area contributed by atoms with Gasteiger partial charge >= 0.3 is 0 Å². The largest absolute Gasteiger partial charge is 0.356 e. The second-order valence-electron chi connectivity index (χ2n) is 27.4. The summed E-state index contributed by atoms with van der Waals surface area (Å²) in [5.74, 6) is 0. The summed E-state index contributed by atoms with van der Waals surface area (Å²) >= 11 is 0. The van der Waals surface area contributed by atoms with Gasteiger partial charge in [-0.3, -0.25) is 0 Å². The van der Waals surface area contributed by atoms with Crippen LogP contribution in [0.25, 0.3) is 99.1 Å². The lowest BCUT2D eigenvalue weighted by molar-refractivity contribution is 1.26. The smallest absolute Gasteiger partial charge is 0.252 e. The van der Waals surface area contributed by atoms with E-state index in [1.165, 1.54) is 65.1 Å². The van der Waals surface area contributed by atoms with E-state index < -0.39 is 0 Å². The molecule has 6 heteroatoms. The lowest BCUT2D eigenvalue weighted by Crippen LogP contribution is -2.64. The van der Waals surface area contributed by atoms with Crippen molar-refractivity contribution in [1.82, 2.24) is 0 Å². The number of nitrogens with one attached hydrogen (secondary N) is 1. The zero-order valence-corrected chi connectivity index (χ0v) is 55.7. The van der Waals surface area contributed by atoms with Crippen molar-refractivity contribution in [3.05, 3.63) is 370 Å². The van der Waals surface area contributed by atoms with Crippen LogP contribution in [0.4, 0.5) is 62.6 Å². The molecule has 472 valence electrons. The fraction of sp³-hybridized carbons (Fsp3) is 0. The van der Waals surface area contributed by atoms with E-state index in [1.54, 1.807) is 0 Å². The van der Waals surface area contributed by atoms with Crippen molar-refractivity contribution in [2.75, 3.05) is 20.0 Å². The van der Waals surface area contributed by atoms with E-state index in [-0.39, 0.29) is 13.4 Å². The Morgan fingerprint density at radius 2 is 0.559 bits per heavy atom. The van der Waals surface area contributed by atoms with Gasteiger partial charge in [0.1, 0.15) is 0 Å². The van der Waals surface area contributed by atoms with Crippen molar-refractivity contribution < 1.29 is 0 Å². The monoisotopic (exact) mass is 1290 g/mol. The van der Waals surface area contributed by atoms with E-state index in [9.17, 15) is 0 Å². The predicted molar refractivity (Wildman–Crippen MR) is 435 cm³/mol. The Balaban J connectivity index is 0.874. The summed E-state index contributed by atoms with van der Waals surface area (Å²) in [5.41, 5.74) is 33.7. The van der Waals surface area contributed by atoms with Crippen molar-refractivity contribution in [2.45, 2.75) is 0 Å². The first-order valence-electron chi connectivity index (χ1n) is 35.5. The summed E-state index contributed by atoms with van der Waals surface area (Å²) in [7, 11) is 0. The first-order valence-corrected chi connectivity index (χ1v) is 35.5. The average molecular weight is 1290 g/mol. The summed E-state index contributed by atoms with van der Waals surface area (Å²) in [5, 5.41) is 11.8. The number of benzene rings is 17. The van der Waals surface area contributed by atoms with Gasteiger partial charge < -0.3 is 20.0 Å². The molecule has 0 spiro atoms. The van der Waals surface area contributed by atoms with Crippen LogP contribution in [0.15, 0.2) is 370 Å². The summed E-state index contributed by atoms with van der Waals surface area (Å²) in [6, 6.07) is 138. The highest BCUT2D eigenvalue weighted by Gasteiger charge is 2.48. The highest BCUT2D eigenvalue weighted by molar-refractivity contribution is 7.03. The maximum Gasteiger partial charge on any atom is 0.252 e. The molecule has 17 aromatic rings. The Morgan fingerprint density at radius 3 is 1.02 bits per heavy atom. The lowest BCUT2D eigenvalue weighted by atomic mass is 9.30. The molecule has 0 saturated carbocycles. The quantitative estimate of drug-likeness (QED) is 0.115. The number of nitrogens with zero attached hydrogens (tertiary/aromatic N) is 3. The Hall–Kier alpha value is -13.2. The molecule has 0 unspecified atom stereocenters. The zero-order chi connectivity index (χ0) is 66.9. The number of hydrogen-bond donors (Lipinski definition) is 1. The minimum Gasteiger partial charge on any atom is -0.356 e. The number of rotatable bonds is 9. The Morgan fingerprint density at radius 1 is 0.196 bits per heavy atom. The van der Waals surface area contributed by atoms with E-state index in [0.29, 0.717) is 0 Å². The van der Waals surface area contributed by atoms with E-state index in [0.717, 1.165) is 129 Å². The van der Waals surface area contributed by atoms with Crippen molar-refractivity contribution in [1.29, 1.82) is 0 Å². The molecule has 17 aromatic carbocycles. The third-order valence-corrected chi connectivity index (χ3v) is 22.0. The molecule has 4 aliphatic rings. The zero-order valence-electron chi connectivity index (χ0n) is 55.7. The van der Waals surface area contributed by atoms with Gasteiger partial charge in [-0.25, -0.2) is 0 Å². The second-order valence-corrected chi connectivity index (χ2v) is 27.4. The molecule has 4 heterocycles. The third-order valence-electron chi connectivity index (χ3n) is 22.0. The summed E-state index contributed by atoms with van der Waals surface area (Å²) in [6.45, 7) is -0.379. The van der Waals surface area contributed by atoms with Crippen LogP contribution in [-0.4, -0.2) is 13.4 Å². The highest BCUT2D eigenvalue weighted by atomic mass is 15.2. The predicted octanol–water partition coefficient (Wildman–Crippen LogP) is 21.6. The van der Waals surface area contributed by atoms with Crippen LogP contribution in [0.1, 0.15) is 0 Å². The van der Waals surface area contributed by atoms with Crippen molar-refractivity contribution in [3.63, 3.8) is 0 Å². The molecular weight excluding hydrogens is 1230 g/mol. The van der Waals surface area contributed by atoms with Crippen molar-refractivity contribution >= 4 is 141 Å². The molecule has 0 fully saturated rings. The number of para-hydroxylation sites is 4. The number of hydrogen-bond acceptors (Lipinski definition) is 4. The molecule has 0 radical (unpaired) electrons. The molecule has 102 heavy (non-hydrogen) atoms. The molecule has 0 bridgehead atoms. The van der Waals surface area contributed by atoms with Crippen LogP contribution in [0.3, 0.4) is 0 Å². The third kappa shape index (κ3) is 8.92. The van der Waals surface area contributed by atoms with Crippen LogP contribution in [0.2, 0.25) is 0 Å². The number of anilines is 11. The van der Waals surface area contributed by atoms with Gasteiger partial charge in [-0.1, -0.05) is 315 Å². The second kappa shape index (κ2) is 23.2. The van der Waals surface area contributed by atoms with Gasteiger partial charge in [0.05, 0.1) is 11.4 Å². The first-order chi connectivity index (χ1) is 50.6. The van der Waals surface area contributed by atoms with Crippen LogP contribution < -0.4 is 52.8 Å². The number of fused-ring (bicyclic) bond motifs is 14. The first kappa shape index (κ1) is 57.9. The van der Waals surface area contributed by atoms with Gasteiger partial charge in [-0.15, -0.1) is 0 Å². The summed E-state index contributed by atoms with van der Waals surface area (Å²) in [4.78, 5) is 7.89. The van der Waals surface area contributed by atoms with Gasteiger partial charge in [0.2, 0.25) is 0 Å². The minimum atomic E-state index is -0.207. The summed E-state index contributed by atoms with van der Waals surface area (Å²) in [6.07, 6.45) is 0. The maximum absolute atomic E-state index is 4.33. The fourth-order valence-corrected chi connectivity index (χ4v) is 17.6. The molecule has 0 saturated heterocycles. The molecule has 0 aliphatic carbocycles. The van der Waals surface area contributed by atoms with Crippen LogP contribution in [0.5, 0.6) is 0 Å². The minimum absolute atomic E-state index is 0.172. The van der Waals surface area contributed by atoms with Gasteiger partial charge in [0, 0.05) is 73.4 Å². The van der Waals surface area contributed by atoms with Gasteiger partial charge in [0.15, 0.2) is 0 Å². The van der Waals surface area contributed by atoms with Crippen LogP contribution in [0, 0.1) is 0 Å². The molecule has 0 amide bonds. The molecule has 1 N–H and O–H groups in total. The van der Waals surface area contributed by atoms with Crippen molar-refractivity contribution in [2.24, 2.45) is 0 Å². The summed E-state index contributed by atoms with van der Waals surface area (Å²) < 4.78 is 0. The topological polar surface area (TPSA) is 21.8 Å².